The van der Waals surface area contributed by atoms with Gasteiger partial charge in [0.1, 0.15) is 23.0 Å². The maximum Gasteiger partial charge on any atom is 0.295 e. The molecule has 1 saturated heterocycles. The van der Waals surface area contributed by atoms with Crippen molar-refractivity contribution in [3.8, 4) is 17.2 Å². The topological polar surface area (TPSA) is 85.3 Å². The highest BCUT2D eigenvalue weighted by Crippen LogP contribution is 2.45. The van der Waals surface area contributed by atoms with Gasteiger partial charge in [-0.25, -0.2) is 0 Å². The molecule has 2 aromatic rings. The second-order valence-electron chi connectivity index (χ2n) is 8.69. The quantitative estimate of drug-likeness (QED) is 0.307. The summed E-state index contributed by atoms with van der Waals surface area (Å²) in [5.41, 5.74) is 0.917. The number of aliphatic hydroxyl groups excluding tert-OH is 1. The molecular weight excluding hydrogens is 470 g/mol. The third-order valence-corrected chi connectivity index (χ3v) is 6.96. The lowest BCUT2D eigenvalue weighted by atomic mass is 9.90. The van der Waals surface area contributed by atoms with E-state index in [0.717, 1.165) is 32.1 Å². The number of ketones is 1. The van der Waals surface area contributed by atoms with Crippen molar-refractivity contribution in [3.63, 3.8) is 0 Å². The van der Waals surface area contributed by atoms with Crippen molar-refractivity contribution in [1.82, 2.24) is 4.90 Å². The van der Waals surface area contributed by atoms with Crippen LogP contribution in [0.15, 0.2) is 42.0 Å². The number of rotatable bonds is 7. The van der Waals surface area contributed by atoms with Crippen molar-refractivity contribution in [2.75, 3.05) is 20.8 Å². The van der Waals surface area contributed by atoms with Gasteiger partial charge in [0.2, 0.25) is 0 Å². The second-order valence-corrected chi connectivity index (χ2v) is 9.10. The number of carbonyl (C=O) groups is 2. The average molecular weight is 500 g/mol. The minimum atomic E-state index is -0.760. The highest BCUT2D eigenvalue weighted by atomic mass is 35.5. The lowest BCUT2D eigenvalue weighted by Crippen LogP contribution is -2.40. The van der Waals surface area contributed by atoms with Crippen molar-refractivity contribution in [1.29, 1.82) is 0 Å². The number of ether oxygens (including phenoxy) is 3. The molecule has 1 N–H and O–H groups in total. The van der Waals surface area contributed by atoms with E-state index in [9.17, 15) is 14.7 Å². The van der Waals surface area contributed by atoms with Crippen molar-refractivity contribution >= 4 is 29.1 Å². The average Bonchev–Trinajstić information content (AvgIpc) is 3.14. The van der Waals surface area contributed by atoms with Gasteiger partial charge >= 0.3 is 0 Å². The molecule has 0 spiro atoms. The number of Topliss-reactive ketones (excluding diaryl/α,β-unsaturated/α-hetero) is 1. The molecule has 2 aliphatic rings. The van der Waals surface area contributed by atoms with Crippen LogP contribution in [0.5, 0.6) is 17.2 Å². The summed E-state index contributed by atoms with van der Waals surface area (Å²) in [6.07, 6.45) is 4.70. The van der Waals surface area contributed by atoms with Gasteiger partial charge in [-0.2, -0.15) is 0 Å². The van der Waals surface area contributed by atoms with Crippen LogP contribution in [0.4, 0.5) is 0 Å². The fourth-order valence-corrected chi connectivity index (χ4v) is 5.29. The van der Waals surface area contributed by atoms with E-state index in [1.54, 1.807) is 11.0 Å². The summed E-state index contributed by atoms with van der Waals surface area (Å²) in [7, 11) is 2.92. The number of likely N-dealkylation sites (tertiary alicyclic amines) is 1. The number of nitrogens with zero attached hydrogens (tertiary/aromatic N) is 1. The first-order chi connectivity index (χ1) is 16.9. The highest BCUT2D eigenvalue weighted by molar-refractivity contribution is 6.46. The maximum atomic E-state index is 13.4. The van der Waals surface area contributed by atoms with Crippen molar-refractivity contribution in [3.05, 3.63) is 58.1 Å². The molecule has 1 amide bonds. The first-order valence-corrected chi connectivity index (χ1v) is 12.2. The molecule has 1 atom stereocenters. The van der Waals surface area contributed by atoms with Gasteiger partial charge in [-0.3, -0.25) is 9.59 Å². The second kappa shape index (κ2) is 10.6. The standard InChI is InChI=1S/C27H30ClNO6/c1-4-35-18-12-8-9-16(13-18)24-23(26(31)27(32)29(24)17-10-6-5-7-11-17)25(30)19-14-20(28)22(34-3)15-21(19)33-2/h8-9,12-15,17,24,30H,4-7,10-11H2,1-3H3/b25-23+. The fourth-order valence-electron chi connectivity index (χ4n) is 5.04. The van der Waals surface area contributed by atoms with Crippen LogP contribution in [0.1, 0.15) is 56.2 Å². The number of aliphatic hydroxyl groups is 1. The summed E-state index contributed by atoms with van der Waals surface area (Å²) < 4.78 is 16.4. The van der Waals surface area contributed by atoms with E-state index >= 15 is 0 Å². The number of hydrogen-bond donors (Lipinski definition) is 1. The maximum absolute atomic E-state index is 13.4. The molecule has 1 unspecified atom stereocenters. The lowest BCUT2D eigenvalue weighted by molar-refractivity contribution is -0.141. The first kappa shape index (κ1) is 24.9. The van der Waals surface area contributed by atoms with E-state index in [-0.39, 0.29) is 33.7 Å². The fraction of sp³-hybridized carbons (Fsp3) is 0.407. The summed E-state index contributed by atoms with van der Waals surface area (Å²) in [6.45, 7) is 2.37. The molecule has 1 saturated carbocycles. The van der Waals surface area contributed by atoms with Gasteiger partial charge in [0.15, 0.2) is 0 Å². The van der Waals surface area contributed by atoms with Crippen LogP contribution in [0.2, 0.25) is 5.02 Å². The molecule has 4 rings (SSSR count). The predicted octanol–water partition coefficient (Wildman–Crippen LogP) is 5.51. The van der Waals surface area contributed by atoms with Crippen molar-refractivity contribution < 1.29 is 28.9 Å². The van der Waals surface area contributed by atoms with Crippen molar-refractivity contribution in [2.45, 2.75) is 51.1 Å². The number of amides is 1. The van der Waals surface area contributed by atoms with Gasteiger partial charge in [-0.05, 0) is 43.5 Å². The number of benzene rings is 2. The molecule has 7 nitrogen and oxygen atoms in total. The van der Waals surface area contributed by atoms with Crippen LogP contribution < -0.4 is 14.2 Å². The highest BCUT2D eigenvalue weighted by Gasteiger charge is 2.49. The number of halogens is 1. The van der Waals surface area contributed by atoms with Crippen LogP contribution >= 0.6 is 11.6 Å². The van der Waals surface area contributed by atoms with E-state index in [1.165, 1.54) is 20.3 Å². The Hall–Kier alpha value is -3.19. The van der Waals surface area contributed by atoms with E-state index < -0.39 is 17.7 Å². The summed E-state index contributed by atoms with van der Waals surface area (Å²) in [5.74, 6) is -0.407. The molecule has 0 bridgehead atoms. The van der Waals surface area contributed by atoms with Gasteiger partial charge in [0, 0.05) is 12.1 Å². The van der Waals surface area contributed by atoms with Crippen molar-refractivity contribution in [2.24, 2.45) is 0 Å². The Balaban J connectivity index is 1.92. The van der Waals surface area contributed by atoms with E-state index in [1.807, 2.05) is 31.2 Å². The normalized spacial score (nSPS) is 20.2. The first-order valence-electron chi connectivity index (χ1n) is 11.9. The Morgan fingerprint density at radius 1 is 1.06 bits per heavy atom. The molecule has 0 radical (unpaired) electrons. The summed E-state index contributed by atoms with van der Waals surface area (Å²) in [4.78, 5) is 28.5. The van der Waals surface area contributed by atoms with Gasteiger partial charge in [-0.1, -0.05) is 43.0 Å². The number of methoxy groups -OCH3 is 2. The van der Waals surface area contributed by atoms with E-state index in [4.69, 9.17) is 25.8 Å². The number of carbonyl (C=O) groups excluding carboxylic acids is 2. The largest absolute Gasteiger partial charge is 0.507 e. The van der Waals surface area contributed by atoms with Gasteiger partial charge < -0.3 is 24.2 Å². The molecular formula is C27H30ClNO6. The van der Waals surface area contributed by atoms with E-state index in [2.05, 4.69) is 0 Å². The third-order valence-electron chi connectivity index (χ3n) is 6.66. The van der Waals surface area contributed by atoms with Crippen LogP contribution in [0, 0.1) is 0 Å². The minimum Gasteiger partial charge on any atom is -0.507 e. The van der Waals surface area contributed by atoms with Gasteiger partial charge in [-0.15, -0.1) is 0 Å². The predicted molar refractivity (Wildman–Crippen MR) is 133 cm³/mol. The Morgan fingerprint density at radius 3 is 2.43 bits per heavy atom. The van der Waals surface area contributed by atoms with Crippen LogP contribution in [-0.2, 0) is 9.59 Å². The Labute approximate surface area is 210 Å². The molecule has 0 aromatic heterocycles. The summed E-state index contributed by atoms with van der Waals surface area (Å²) in [5, 5.41) is 11.7. The Bertz CT molecular complexity index is 1150. The molecule has 35 heavy (non-hydrogen) atoms. The molecule has 1 heterocycles. The zero-order chi connectivity index (χ0) is 25.1. The summed E-state index contributed by atoms with van der Waals surface area (Å²) in [6, 6.07) is 9.49. The SMILES string of the molecule is CCOc1cccc(C2/C(=C(\O)c3cc(Cl)c(OC)cc3OC)C(=O)C(=O)N2C2CCCCC2)c1. The molecule has 1 aliphatic heterocycles. The zero-order valence-corrected chi connectivity index (χ0v) is 20.9. The van der Waals surface area contributed by atoms with Crippen LogP contribution in [-0.4, -0.2) is 48.6 Å². The molecule has 8 heteroatoms. The molecule has 2 fully saturated rings. The lowest BCUT2D eigenvalue weighted by Gasteiger charge is -2.35. The zero-order valence-electron chi connectivity index (χ0n) is 20.2. The van der Waals surface area contributed by atoms with Crippen LogP contribution in [0.3, 0.4) is 0 Å². The number of hydrogen-bond acceptors (Lipinski definition) is 6. The monoisotopic (exact) mass is 499 g/mol. The molecule has 2 aromatic carbocycles. The summed E-state index contributed by atoms with van der Waals surface area (Å²) >= 11 is 6.34. The minimum absolute atomic E-state index is 0.00811. The molecule has 186 valence electrons. The Kier molecular flexibility index (Phi) is 7.55. The Morgan fingerprint density at radius 2 is 1.77 bits per heavy atom. The van der Waals surface area contributed by atoms with Crippen LogP contribution in [0.25, 0.3) is 5.76 Å². The third kappa shape index (κ3) is 4.69. The smallest absolute Gasteiger partial charge is 0.295 e. The van der Waals surface area contributed by atoms with Gasteiger partial charge in [0.25, 0.3) is 11.7 Å². The molecule has 1 aliphatic carbocycles. The van der Waals surface area contributed by atoms with Gasteiger partial charge in [0.05, 0.1) is 43.0 Å². The van der Waals surface area contributed by atoms with E-state index in [0.29, 0.717) is 23.7 Å².